The van der Waals surface area contributed by atoms with Crippen molar-refractivity contribution in [3.8, 4) is 28.2 Å². The molecule has 0 spiro atoms. The highest BCUT2D eigenvalue weighted by Gasteiger charge is 2.27. The second kappa shape index (κ2) is 10.8. The van der Waals surface area contributed by atoms with E-state index in [4.69, 9.17) is 0 Å². The highest BCUT2D eigenvalue weighted by molar-refractivity contribution is 6.14. The van der Waals surface area contributed by atoms with Gasteiger partial charge in [-0.25, -0.2) is 0 Å². The van der Waals surface area contributed by atoms with Crippen LogP contribution < -0.4 is 0 Å². The van der Waals surface area contributed by atoms with Gasteiger partial charge in [0, 0.05) is 55.8 Å². The normalized spacial score (nSPS) is 11.9. The number of nitrogens with zero attached hydrogens (tertiary/aromatic N) is 4. The minimum atomic E-state index is 1.06. The summed E-state index contributed by atoms with van der Waals surface area (Å²) in [5, 5.41) is 7.36. The Morgan fingerprint density at radius 2 is 0.686 bits per heavy atom. The Morgan fingerprint density at radius 3 is 1.08 bits per heavy atom. The zero-order valence-corrected chi connectivity index (χ0v) is 27.6. The Morgan fingerprint density at radius 1 is 0.314 bits per heavy atom. The Labute approximate surface area is 293 Å². The third kappa shape index (κ3) is 3.93. The third-order valence-electron chi connectivity index (χ3n) is 10.5. The van der Waals surface area contributed by atoms with Crippen LogP contribution in [-0.2, 0) is 0 Å². The molecule has 0 saturated carbocycles. The van der Waals surface area contributed by atoms with Crippen LogP contribution >= 0.6 is 0 Å². The summed E-state index contributed by atoms with van der Waals surface area (Å²) in [6.45, 7) is 0. The first-order valence-corrected chi connectivity index (χ1v) is 17.4. The third-order valence-corrected chi connectivity index (χ3v) is 10.5. The van der Waals surface area contributed by atoms with E-state index in [-0.39, 0.29) is 0 Å². The Kier molecular flexibility index (Phi) is 5.92. The molecule has 0 saturated heterocycles. The molecule has 0 aliphatic carbocycles. The molecule has 0 radical (unpaired) electrons. The van der Waals surface area contributed by atoms with Crippen molar-refractivity contribution in [3.05, 3.63) is 182 Å². The summed E-state index contributed by atoms with van der Waals surface area (Å²) in [5.74, 6) is 0. The highest BCUT2D eigenvalue weighted by atomic mass is 15.1. The lowest BCUT2D eigenvalue weighted by atomic mass is 10.0. The summed E-state index contributed by atoms with van der Waals surface area (Å²) in [6.07, 6.45) is 3.84. The number of rotatable bonds is 4. The molecule has 0 aliphatic rings. The molecule has 51 heavy (non-hydrogen) atoms. The monoisotopic (exact) mass is 650 g/mol. The van der Waals surface area contributed by atoms with Gasteiger partial charge in [-0.15, -0.1) is 0 Å². The molecule has 238 valence electrons. The molecule has 0 unspecified atom stereocenters. The average Bonchev–Trinajstić information content (AvgIpc) is 3.84. The van der Waals surface area contributed by atoms with Crippen molar-refractivity contribution >= 4 is 65.4 Å². The number of para-hydroxylation sites is 6. The second-order valence-corrected chi connectivity index (χ2v) is 13.2. The van der Waals surface area contributed by atoms with Crippen molar-refractivity contribution in [2.45, 2.75) is 0 Å². The summed E-state index contributed by atoms with van der Waals surface area (Å²) in [5.41, 5.74) is 12.4. The zero-order chi connectivity index (χ0) is 33.5. The lowest BCUT2D eigenvalue weighted by Gasteiger charge is -2.25. The number of hydrogen-bond donors (Lipinski definition) is 0. The summed E-state index contributed by atoms with van der Waals surface area (Å²) in [4.78, 5) is 4.63. The van der Waals surface area contributed by atoms with E-state index in [1.54, 1.807) is 0 Å². The first-order valence-electron chi connectivity index (χ1n) is 17.4. The largest absolute Gasteiger partial charge is 0.307 e. The summed E-state index contributed by atoms with van der Waals surface area (Å²) >= 11 is 0. The molecule has 11 rings (SSSR count). The van der Waals surface area contributed by atoms with Crippen LogP contribution in [0.5, 0.6) is 0 Å². The smallest absolute Gasteiger partial charge is 0.0953 e. The SMILES string of the molecule is c1cncc(-c2ccc(-n3c4ccccc4c4ccccc43)c(-n3c4ccccc4c4ccccc43)c2-n2c3ccccc3c3ccccc32)c1. The van der Waals surface area contributed by atoms with Crippen LogP contribution in [0.1, 0.15) is 0 Å². The minimum Gasteiger partial charge on any atom is -0.307 e. The molecule has 0 aliphatic heterocycles. The van der Waals surface area contributed by atoms with E-state index in [0.717, 1.165) is 50.3 Å². The van der Waals surface area contributed by atoms with Gasteiger partial charge in [-0.1, -0.05) is 115 Å². The van der Waals surface area contributed by atoms with Crippen molar-refractivity contribution in [2.75, 3.05) is 0 Å². The fourth-order valence-electron chi connectivity index (χ4n) is 8.46. The topological polar surface area (TPSA) is 27.7 Å². The molecule has 0 atom stereocenters. The van der Waals surface area contributed by atoms with Gasteiger partial charge >= 0.3 is 0 Å². The lowest BCUT2D eigenvalue weighted by molar-refractivity contribution is 1.05. The van der Waals surface area contributed by atoms with Crippen molar-refractivity contribution in [3.63, 3.8) is 0 Å². The van der Waals surface area contributed by atoms with Gasteiger partial charge in [-0.2, -0.15) is 0 Å². The molecule has 4 heterocycles. The van der Waals surface area contributed by atoms with Crippen LogP contribution in [0.2, 0.25) is 0 Å². The first-order chi connectivity index (χ1) is 25.4. The number of hydrogen-bond acceptors (Lipinski definition) is 1. The maximum absolute atomic E-state index is 4.63. The molecule has 11 aromatic rings. The number of pyridine rings is 1. The first kappa shape index (κ1) is 28.0. The van der Waals surface area contributed by atoms with Crippen LogP contribution in [0.25, 0.3) is 93.6 Å². The maximum Gasteiger partial charge on any atom is 0.0953 e. The van der Waals surface area contributed by atoms with Gasteiger partial charge in [-0.3, -0.25) is 4.98 Å². The average molecular weight is 651 g/mol. The molecule has 0 fully saturated rings. The van der Waals surface area contributed by atoms with Crippen LogP contribution in [0.3, 0.4) is 0 Å². The Bertz CT molecular complexity index is 2980. The van der Waals surface area contributed by atoms with Crippen molar-refractivity contribution in [2.24, 2.45) is 0 Å². The fraction of sp³-hybridized carbons (Fsp3) is 0. The second-order valence-electron chi connectivity index (χ2n) is 13.2. The molecule has 0 N–H and O–H groups in total. The minimum absolute atomic E-state index is 1.06. The molecule has 4 nitrogen and oxygen atoms in total. The molecule has 4 aromatic heterocycles. The van der Waals surface area contributed by atoms with Crippen molar-refractivity contribution in [1.82, 2.24) is 18.7 Å². The van der Waals surface area contributed by atoms with E-state index in [9.17, 15) is 0 Å². The predicted octanol–water partition coefficient (Wildman–Crippen LogP) is 12.0. The van der Waals surface area contributed by atoms with E-state index in [0.29, 0.717) is 0 Å². The van der Waals surface area contributed by atoms with Crippen LogP contribution in [0.4, 0.5) is 0 Å². The molecule has 7 aromatic carbocycles. The Balaban J connectivity index is 1.44. The fourth-order valence-corrected chi connectivity index (χ4v) is 8.46. The van der Waals surface area contributed by atoms with E-state index < -0.39 is 0 Å². The van der Waals surface area contributed by atoms with Gasteiger partial charge in [0.15, 0.2) is 0 Å². The number of benzene rings is 7. The van der Waals surface area contributed by atoms with E-state index >= 15 is 0 Å². The molecule has 0 bridgehead atoms. The van der Waals surface area contributed by atoms with Crippen molar-refractivity contribution < 1.29 is 0 Å². The van der Waals surface area contributed by atoms with Crippen molar-refractivity contribution in [1.29, 1.82) is 0 Å². The number of fused-ring (bicyclic) bond motifs is 9. The summed E-state index contributed by atoms with van der Waals surface area (Å²) in [7, 11) is 0. The van der Waals surface area contributed by atoms with E-state index in [1.807, 2.05) is 18.5 Å². The summed E-state index contributed by atoms with van der Waals surface area (Å²) < 4.78 is 7.46. The standard InChI is InChI=1S/C47H30N4/c1-7-21-39-33(15-1)34-16-2-8-22-40(34)49(39)45-28-27-32(31-14-13-29-48-30-31)46(50-41-23-9-3-17-35(41)36-18-4-10-24-42(36)50)47(45)51-43-25-11-5-19-37(43)38-20-6-12-26-44(38)51/h1-30H. The zero-order valence-electron chi connectivity index (χ0n) is 27.6. The maximum atomic E-state index is 4.63. The predicted molar refractivity (Wildman–Crippen MR) is 213 cm³/mol. The Hall–Kier alpha value is -6.91. The van der Waals surface area contributed by atoms with Crippen LogP contribution in [0, 0.1) is 0 Å². The lowest BCUT2D eigenvalue weighted by Crippen LogP contribution is -2.10. The van der Waals surface area contributed by atoms with E-state index in [2.05, 4.69) is 182 Å². The van der Waals surface area contributed by atoms with Gasteiger partial charge in [0.05, 0.1) is 50.2 Å². The summed E-state index contributed by atoms with van der Waals surface area (Å²) in [6, 6.07) is 61.6. The van der Waals surface area contributed by atoms with Gasteiger partial charge in [0.2, 0.25) is 0 Å². The number of aromatic nitrogens is 4. The molecule has 4 heteroatoms. The van der Waals surface area contributed by atoms with Gasteiger partial charge in [0.25, 0.3) is 0 Å². The van der Waals surface area contributed by atoms with Crippen LogP contribution in [0.15, 0.2) is 182 Å². The highest BCUT2D eigenvalue weighted by Crippen LogP contribution is 2.45. The van der Waals surface area contributed by atoms with Gasteiger partial charge in [0.1, 0.15) is 0 Å². The molecular weight excluding hydrogens is 621 g/mol. The van der Waals surface area contributed by atoms with Gasteiger partial charge < -0.3 is 13.7 Å². The molecular formula is C47H30N4. The molecule has 0 amide bonds. The quantitative estimate of drug-likeness (QED) is 0.186. The van der Waals surface area contributed by atoms with E-state index in [1.165, 1.54) is 43.4 Å². The van der Waals surface area contributed by atoms with Gasteiger partial charge in [-0.05, 0) is 54.6 Å². The van der Waals surface area contributed by atoms with Crippen LogP contribution in [-0.4, -0.2) is 18.7 Å².